The van der Waals surface area contributed by atoms with Crippen molar-refractivity contribution in [2.75, 3.05) is 6.61 Å². The van der Waals surface area contributed by atoms with Crippen LogP contribution in [-0.4, -0.2) is 23.8 Å². The number of hydrogen-bond acceptors (Lipinski definition) is 3. The van der Waals surface area contributed by atoms with E-state index in [1.165, 1.54) is 0 Å². The van der Waals surface area contributed by atoms with Crippen LogP contribution in [0.2, 0.25) is 0 Å². The zero-order chi connectivity index (χ0) is 22.0. The predicted octanol–water partition coefficient (Wildman–Crippen LogP) is 5.36. The molecule has 0 spiro atoms. The van der Waals surface area contributed by atoms with Gasteiger partial charge in [-0.1, -0.05) is 77.9 Å². The van der Waals surface area contributed by atoms with E-state index in [0.717, 1.165) is 38.9 Å². The van der Waals surface area contributed by atoms with E-state index in [0.29, 0.717) is 0 Å². The molecular formula is C26H25NO4. The Kier molecular flexibility index (Phi) is 5.76. The maximum Gasteiger partial charge on any atom is 0.407 e. The molecule has 0 saturated carbocycles. The smallest absolute Gasteiger partial charge is 0.407 e. The van der Waals surface area contributed by atoms with Crippen molar-refractivity contribution in [3.8, 4) is 11.1 Å². The summed E-state index contributed by atoms with van der Waals surface area (Å²) in [5, 5.41) is 12.1. The third-order valence-electron chi connectivity index (χ3n) is 5.66. The molecule has 4 rings (SSSR count). The summed E-state index contributed by atoms with van der Waals surface area (Å²) in [6.07, 6.45) is -0.833. The summed E-state index contributed by atoms with van der Waals surface area (Å²) >= 11 is 0. The Morgan fingerprint density at radius 3 is 2.03 bits per heavy atom. The van der Waals surface area contributed by atoms with Gasteiger partial charge in [0.15, 0.2) is 0 Å². The summed E-state index contributed by atoms with van der Waals surface area (Å²) in [6, 6.07) is 21.4. The van der Waals surface area contributed by atoms with Crippen molar-refractivity contribution in [2.45, 2.75) is 32.2 Å². The standard InChI is InChI=1S/C26H25NO4/c1-16-11-17(2)13-18(12-16)24(14-25(28)29)27-26(30)31-15-23-21-9-5-3-7-19(21)20-8-4-6-10-22(20)23/h3-13,23-24H,14-15H2,1-2H3,(H,27,30)(H,28,29)/t24-/m1/s1. The molecule has 3 aromatic carbocycles. The molecule has 1 atom stereocenters. The maximum absolute atomic E-state index is 12.6. The van der Waals surface area contributed by atoms with Gasteiger partial charge < -0.3 is 15.2 Å². The molecule has 0 heterocycles. The van der Waals surface area contributed by atoms with E-state index in [-0.39, 0.29) is 18.9 Å². The van der Waals surface area contributed by atoms with Gasteiger partial charge in [-0.05, 0) is 41.7 Å². The minimum absolute atomic E-state index is 0.0442. The third-order valence-corrected chi connectivity index (χ3v) is 5.66. The molecule has 0 bridgehead atoms. The van der Waals surface area contributed by atoms with Crippen molar-refractivity contribution in [2.24, 2.45) is 0 Å². The summed E-state index contributed by atoms with van der Waals surface area (Å²) < 4.78 is 5.59. The van der Waals surface area contributed by atoms with Gasteiger partial charge in [0.25, 0.3) is 0 Å². The SMILES string of the molecule is Cc1cc(C)cc([C@@H](CC(=O)O)NC(=O)OCC2c3ccccc3-c3ccccc32)c1. The first-order chi connectivity index (χ1) is 14.9. The molecule has 0 unspecified atom stereocenters. The van der Waals surface area contributed by atoms with Crippen LogP contribution in [0.25, 0.3) is 11.1 Å². The zero-order valence-corrected chi connectivity index (χ0v) is 17.6. The number of hydrogen-bond donors (Lipinski definition) is 2. The van der Waals surface area contributed by atoms with Crippen LogP contribution in [-0.2, 0) is 9.53 Å². The number of carboxylic acid groups (broad SMARTS) is 1. The van der Waals surface area contributed by atoms with Crippen molar-refractivity contribution in [1.82, 2.24) is 5.32 Å². The number of amides is 1. The van der Waals surface area contributed by atoms with Gasteiger partial charge in [0, 0.05) is 5.92 Å². The Hall–Kier alpha value is -3.60. The minimum atomic E-state index is -0.983. The van der Waals surface area contributed by atoms with Gasteiger partial charge >= 0.3 is 12.1 Å². The Labute approximate surface area is 181 Å². The van der Waals surface area contributed by atoms with E-state index >= 15 is 0 Å². The molecule has 0 fully saturated rings. The molecule has 158 valence electrons. The molecule has 1 aliphatic rings. The Morgan fingerprint density at radius 1 is 0.935 bits per heavy atom. The number of alkyl carbamates (subject to hydrolysis) is 1. The molecule has 0 aliphatic heterocycles. The molecule has 5 nitrogen and oxygen atoms in total. The molecule has 31 heavy (non-hydrogen) atoms. The second-order valence-corrected chi connectivity index (χ2v) is 8.04. The van der Waals surface area contributed by atoms with Gasteiger partial charge in [-0.15, -0.1) is 0 Å². The highest BCUT2D eigenvalue weighted by Gasteiger charge is 2.29. The summed E-state index contributed by atoms with van der Waals surface area (Å²) in [7, 11) is 0. The number of carboxylic acids is 1. The van der Waals surface area contributed by atoms with E-state index in [9.17, 15) is 14.7 Å². The molecule has 3 aromatic rings. The number of carbonyl (C=O) groups excluding carboxylic acids is 1. The molecule has 0 saturated heterocycles. The second-order valence-electron chi connectivity index (χ2n) is 8.04. The lowest BCUT2D eigenvalue weighted by Gasteiger charge is -2.20. The van der Waals surface area contributed by atoms with Crippen molar-refractivity contribution in [3.05, 3.63) is 94.5 Å². The zero-order valence-electron chi connectivity index (χ0n) is 17.6. The van der Waals surface area contributed by atoms with Crippen LogP contribution in [0, 0.1) is 13.8 Å². The monoisotopic (exact) mass is 415 g/mol. The highest BCUT2D eigenvalue weighted by Crippen LogP contribution is 2.44. The summed E-state index contributed by atoms with van der Waals surface area (Å²) in [5.41, 5.74) is 7.37. The lowest BCUT2D eigenvalue weighted by Crippen LogP contribution is -2.31. The Balaban J connectivity index is 1.49. The van der Waals surface area contributed by atoms with Crippen LogP contribution in [0.5, 0.6) is 0 Å². The van der Waals surface area contributed by atoms with Gasteiger partial charge in [0.2, 0.25) is 0 Å². The van der Waals surface area contributed by atoms with Gasteiger partial charge in [-0.3, -0.25) is 4.79 Å². The first kappa shape index (κ1) is 20.7. The highest BCUT2D eigenvalue weighted by molar-refractivity contribution is 5.79. The van der Waals surface area contributed by atoms with Crippen LogP contribution in [0.4, 0.5) is 4.79 Å². The van der Waals surface area contributed by atoms with E-state index in [2.05, 4.69) is 29.6 Å². The van der Waals surface area contributed by atoms with Crippen LogP contribution in [0.15, 0.2) is 66.7 Å². The lowest BCUT2D eigenvalue weighted by atomic mass is 9.98. The van der Waals surface area contributed by atoms with Crippen molar-refractivity contribution < 1.29 is 19.4 Å². The number of carbonyl (C=O) groups is 2. The number of rotatable bonds is 6. The average molecular weight is 415 g/mol. The molecular weight excluding hydrogens is 390 g/mol. The Morgan fingerprint density at radius 2 is 1.48 bits per heavy atom. The fourth-order valence-corrected chi connectivity index (χ4v) is 4.42. The van der Waals surface area contributed by atoms with Gasteiger partial charge in [-0.2, -0.15) is 0 Å². The topological polar surface area (TPSA) is 75.6 Å². The average Bonchev–Trinajstić information content (AvgIpc) is 3.05. The quantitative estimate of drug-likeness (QED) is 0.568. The lowest BCUT2D eigenvalue weighted by molar-refractivity contribution is -0.137. The number of aliphatic carboxylic acids is 1. The summed E-state index contributed by atoms with van der Waals surface area (Å²) in [6.45, 7) is 4.08. The molecule has 2 N–H and O–H groups in total. The van der Waals surface area contributed by atoms with E-state index in [4.69, 9.17) is 4.74 Å². The predicted molar refractivity (Wildman–Crippen MR) is 119 cm³/mol. The Bertz CT molecular complexity index is 1070. The molecule has 0 radical (unpaired) electrons. The van der Waals surface area contributed by atoms with Gasteiger partial charge in [0.05, 0.1) is 12.5 Å². The normalized spacial score (nSPS) is 13.2. The number of nitrogens with one attached hydrogen (secondary N) is 1. The number of fused-ring (bicyclic) bond motifs is 3. The van der Waals surface area contributed by atoms with E-state index in [1.807, 2.05) is 56.3 Å². The minimum Gasteiger partial charge on any atom is -0.481 e. The highest BCUT2D eigenvalue weighted by atomic mass is 16.5. The van der Waals surface area contributed by atoms with E-state index < -0.39 is 18.1 Å². The number of ether oxygens (including phenoxy) is 1. The third kappa shape index (κ3) is 4.45. The first-order valence-electron chi connectivity index (χ1n) is 10.3. The molecule has 5 heteroatoms. The fraction of sp³-hybridized carbons (Fsp3) is 0.231. The molecule has 0 aromatic heterocycles. The van der Waals surface area contributed by atoms with Crippen LogP contribution < -0.4 is 5.32 Å². The van der Waals surface area contributed by atoms with Gasteiger partial charge in [0.1, 0.15) is 6.61 Å². The summed E-state index contributed by atoms with van der Waals surface area (Å²) in [4.78, 5) is 24.0. The van der Waals surface area contributed by atoms with Crippen LogP contribution in [0.1, 0.15) is 46.2 Å². The maximum atomic E-state index is 12.6. The van der Waals surface area contributed by atoms with Crippen molar-refractivity contribution in [1.29, 1.82) is 0 Å². The van der Waals surface area contributed by atoms with Gasteiger partial charge in [-0.25, -0.2) is 4.79 Å². The first-order valence-corrected chi connectivity index (χ1v) is 10.3. The number of benzene rings is 3. The molecule has 1 aliphatic carbocycles. The van der Waals surface area contributed by atoms with Crippen molar-refractivity contribution >= 4 is 12.1 Å². The van der Waals surface area contributed by atoms with Crippen molar-refractivity contribution in [3.63, 3.8) is 0 Å². The summed E-state index contributed by atoms with van der Waals surface area (Å²) in [5.74, 6) is -1.03. The van der Waals surface area contributed by atoms with Crippen LogP contribution >= 0.6 is 0 Å². The van der Waals surface area contributed by atoms with Crippen LogP contribution in [0.3, 0.4) is 0 Å². The largest absolute Gasteiger partial charge is 0.481 e. The number of aryl methyl sites for hydroxylation is 2. The van der Waals surface area contributed by atoms with E-state index in [1.54, 1.807) is 0 Å². The second kappa shape index (κ2) is 8.64. The molecule has 1 amide bonds. The fourth-order valence-electron chi connectivity index (χ4n) is 4.42.